The second kappa shape index (κ2) is 45.8. The number of hydrogen-bond acceptors (Lipinski definition) is 6. The van der Waals surface area contributed by atoms with Gasteiger partial charge in [-0.25, -0.2) is 4.79 Å². The molecule has 0 heterocycles. The van der Waals surface area contributed by atoms with E-state index in [0.29, 0.717) is 19.3 Å². The Kier molecular flexibility index (Phi) is 43.1. The van der Waals surface area contributed by atoms with E-state index in [1.807, 2.05) is 21.1 Å². The zero-order valence-corrected chi connectivity index (χ0v) is 41.4. The van der Waals surface area contributed by atoms with Crippen molar-refractivity contribution >= 4 is 17.9 Å². The summed E-state index contributed by atoms with van der Waals surface area (Å²) in [4.78, 5) is 37.2. The molecule has 0 aromatic carbocycles. The normalized spacial score (nSPS) is 13.7. The van der Waals surface area contributed by atoms with Gasteiger partial charge in [0.15, 0.2) is 12.1 Å². The zero-order chi connectivity index (χ0) is 47.0. The fraction of sp³-hybridized carbons (Fsp3) is 0.661. The van der Waals surface area contributed by atoms with Crippen molar-refractivity contribution in [2.75, 3.05) is 41.0 Å². The lowest BCUT2D eigenvalue weighted by Gasteiger charge is -2.31. The van der Waals surface area contributed by atoms with E-state index >= 15 is 0 Å². The standard InChI is InChI=1S/C56H93NO7/c1-6-8-10-12-14-16-18-20-22-24-25-26-27-28-29-31-33-35-37-39-41-43-45-47-55(59)64-52(50-62-49-48-53(56(60)61)57(3,4)5)51-63-54(58)46-44-42-40-38-36-34-32-30-23-21-19-17-15-13-11-9-7-2/h8-11,14-17,20-23,25-26,32,34,52-53H,6-7,12-13,18-19,24,27-31,33,35-51H2,1-5H3/p+1/b10-8-,11-9-,16-14-,17-15-,22-20-,23-21-,26-25-,34-32-. The van der Waals surface area contributed by atoms with E-state index in [-0.39, 0.29) is 36.2 Å². The number of hydrogen-bond donors (Lipinski definition) is 1. The first-order valence-electron chi connectivity index (χ1n) is 25.3. The molecule has 0 saturated heterocycles. The molecule has 0 saturated carbocycles. The molecular weight excluding hydrogens is 799 g/mol. The molecule has 0 aromatic heterocycles. The Morgan fingerprint density at radius 3 is 1.22 bits per heavy atom. The van der Waals surface area contributed by atoms with Crippen LogP contribution in [-0.2, 0) is 28.6 Å². The summed E-state index contributed by atoms with van der Waals surface area (Å²) in [6.07, 6.45) is 61.7. The third-order valence-electron chi connectivity index (χ3n) is 10.7. The van der Waals surface area contributed by atoms with Crippen LogP contribution < -0.4 is 0 Å². The lowest BCUT2D eigenvalue weighted by molar-refractivity contribution is -0.887. The summed E-state index contributed by atoms with van der Waals surface area (Å²) in [5.41, 5.74) is 0. The van der Waals surface area contributed by atoms with Crippen LogP contribution in [0.5, 0.6) is 0 Å². The number of rotatable bonds is 44. The Labute approximate surface area is 392 Å². The van der Waals surface area contributed by atoms with Gasteiger partial charge in [-0.05, 0) is 89.9 Å². The molecule has 2 unspecified atom stereocenters. The maximum Gasteiger partial charge on any atom is 0.362 e. The Morgan fingerprint density at radius 2 is 0.828 bits per heavy atom. The highest BCUT2D eigenvalue weighted by Crippen LogP contribution is 2.14. The fourth-order valence-corrected chi connectivity index (χ4v) is 6.90. The van der Waals surface area contributed by atoms with E-state index in [9.17, 15) is 19.5 Å². The molecule has 0 fully saturated rings. The highest BCUT2D eigenvalue weighted by atomic mass is 16.6. The van der Waals surface area contributed by atoms with Gasteiger partial charge in [-0.3, -0.25) is 9.59 Å². The number of carboxylic acid groups (broad SMARTS) is 1. The molecule has 8 heteroatoms. The Morgan fingerprint density at radius 1 is 0.469 bits per heavy atom. The summed E-state index contributed by atoms with van der Waals surface area (Å²) in [5, 5.41) is 9.65. The van der Waals surface area contributed by atoms with Gasteiger partial charge in [-0.15, -0.1) is 0 Å². The Balaban J connectivity index is 4.30. The minimum absolute atomic E-state index is 0.0459. The predicted molar refractivity (Wildman–Crippen MR) is 270 cm³/mol. The number of carbonyl (C=O) groups excluding carboxylic acids is 2. The molecule has 364 valence electrons. The van der Waals surface area contributed by atoms with Crippen LogP contribution in [0, 0.1) is 0 Å². The van der Waals surface area contributed by atoms with Gasteiger partial charge in [0, 0.05) is 19.3 Å². The van der Waals surface area contributed by atoms with Crippen molar-refractivity contribution in [1.82, 2.24) is 0 Å². The third-order valence-corrected chi connectivity index (χ3v) is 10.7. The first-order valence-corrected chi connectivity index (χ1v) is 25.3. The van der Waals surface area contributed by atoms with E-state index in [1.165, 1.54) is 44.9 Å². The molecule has 0 aliphatic rings. The number of quaternary nitrogens is 1. The molecule has 0 rings (SSSR count). The summed E-state index contributed by atoms with van der Waals surface area (Å²) < 4.78 is 17.3. The molecule has 8 nitrogen and oxygen atoms in total. The molecule has 0 spiro atoms. The van der Waals surface area contributed by atoms with Gasteiger partial charge in [0.25, 0.3) is 0 Å². The number of ether oxygens (including phenoxy) is 3. The van der Waals surface area contributed by atoms with E-state index in [4.69, 9.17) is 14.2 Å². The summed E-state index contributed by atoms with van der Waals surface area (Å²) in [6, 6.07) is -0.625. The van der Waals surface area contributed by atoms with Crippen LogP contribution in [0.1, 0.15) is 187 Å². The second-order valence-electron chi connectivity index (χ2n) is 17.7. The first-order chi connectivity index (χ1) is 31.1. The largest absolute Gasteiger partial charge is 0.477 e. The highest BCUT2D eigenvalue weighted by molar-refractivity contribution is 5.72. The Bertz CT molecular complexity index is 1360. The Hall–Kier alpha value is -3.75. The first kappa shape index (κ1) is 60.2. The quantitative estimate of drug-likeness (QED) is 0.0281. The van der Waals surface area contributed by atoms with Crippen LogP contribution in [0.3, 0.4) is 0 Å². The molecule has 0 aromatic rings. The third kappa shape index (κ3) is 43.5. The van der Waals surface area contributed by atoms with Gasteiger partial charge < -0.3 is 23.8 Å². The van der Waals surface area contributed by atoms with Crippen molar-refractivity contribution in [1.29, 1.82) is 0 Å². The average molecular weight is 893 g/mol. The van der Waals surface area contributed by atoms with Crippen LogP contribution in [0.2, 0.25) is 0 Å². The SMILES string of the molecule is CC/C=C\C/C=C\C/C=C\C/C=C\CCCCCCCCCCCCC(=O)OC(COCCC(C(=O)O)[N+](C)(C)C)COC(=O)CCCCCC/C=C\C/C=C\C/C=C\C/C=C\CC. The summed E-state index contributed by atoms with van der Waals surface area (Å²) in [5.74, 6) is -1.51. The van der Waals surface area contributed by atoms with Gasteiger partial charge in [0.2, 0.25) is 0 Å². The van der Waals surface area contributed by atoms with Crippen molar-refractivity contribution in [3.63, 3.8) is 0 Å². The molecule has 0 bridgehead atoms. The lowest BCUT2D eigenvalue weighted by atomic mass is 10.0. The number of nitrogens with zero attached hydrogens (tertiary/aromatic N) is 1. The number of allylic oxidation sites excluding steroid dienone is 16. The van der Waals surface area contributed by atoms with Crippen LogP contribution >= 0.6 is 0 Å². The smallest absolute Gasteiger partial charge is 0.362 e. The van der Waals surface area contributed by atoms with Gasteiger partial charge in [0.1, 0.15) is 6.61 Å². The number of carboxylic acids is 1. The number of unbranched alkanes of at least 4 members (excludes halogenated alkanes) is 14. The molecule has 0 radical (unpaired) electrons. The van der Waals surface area contributed by atoms with Crippen molar-refractivity contribution in [3.05, 3.63) is 97.2 Å². The lowest BCUT2D eigenvalue weighted by Crippen LogP contribution is -2.50. The van der Waals surface area contributed by atoms with Crippen LogP contribution in [0.25, 0.3) is 0 Å². The van der Waals surface area contributed by atoms with Gasteiger partial charge in [0.05, 0.1) is 34.4 Å². The van der Waals surface area contributed by atoms with Crippen LogP contribution in [-0.4, -0.2) is 80.6 Å². The highest BCUT2D eigenvalue weighted by Gasteiger charge is 2.31. The van der Waals surface area contributed by atoms with Gasteiger partial charge in [-0.2, -0.15) is 0 Å². The molecule has 0 amide bonds. The summed E-state index contributed by atoms with van der Waals surface area (Å²) in [6.45, 7) is 4.48. The summed E-state index contributed by atoms with van der Waals surface area (Å²) in [7, 11) is 5.52. The van der Waals surface area contributed by atoms with Crippen LogP contribution in [0.4, 0.5) is 0 Å². The number of carbonyl (C=O) groups is 3. The number of aliphatic carboxylic acids is 1. The molecule has 0 aliphatic carbocycles. The van der Waals surface area contributed by atoms with E-state index in [1.54, 1.807) is 0 Å². The summed E-state index contributed by atoms with van der Waals surface area (Å²) >= 11 is 0. The molecular formula is C56H94NO7+. The predicted octanol–water partition coefficient (Wildman–Crippen LogP) is 14.6. The van der Waals surface area contributed by atoms with Crippen LogP contribution in [0.15, 0.2) is 97.2 Å². The minimum atomic E-state index is -0.882. The monoisotopic (exact) mass is 893 g/mol. The van der Waals surface area contributed by atoms with Crippen molar-refractivity contribution in [3.8, 4) is 0 Å². The molecule has 64 heavy (non-hydrogen) atoms. The zero-order valence-electron chi connectivity index (χ0n) is 41.4. The van der Waals surface area contributed by atoms with Crippen molar-refractivity contribution < 1.29 is 38.2 Å². The number of esters is 2. The van der Waals surface area contributed by atoms with Gasteiger partial charge >= 0.3 is 17.9 Å². The minimum Gasteiger partial charge on any atom is -0.477 e. The van der Waals surface area contributed by atoms with E-state index in [2.05, 4.69) is 111 Å². The maximum atomic E-state index is 12.8. The number of likely N-dealkylation sites (N-methyl/N-ethyl adjacent to an activating group) is 1. The van der Waals surface area contributed by atoms with E-state index < -0.39 is 18.1 Å². The molecule has 2 atom stereocenters. The second-order valence-corrected chi connectivity index (χ2v) is 17.7. The molecule has 1 N–H and O–H groups in total. The van der Waals surface area contributed by atoms with Gasteiger partial charge in [-0.1, -0.05) is 175 Å². The van der Waals surface area contributed by atoms with Crippen molar-refractivity contribution in [2.24, 2.45) is 0 Å². The topological polar surface area (TPSA) is 99.1 Å². The fourth-order valence-electron chi connectivity index (χ4n) is 6.90. The van der Waals surface area contributed by atoms with E-state index in [0.717, 1.165) is 109 Å². The maximum absolute atomic E-state index is 12.8. The average Bonchev–Trinajstić information content (AvgIpc) is 3.26. The van der Waals surface area contributed by atoms with Crippen molar-refractivity contribution in [2.45, 2.75) is 199 Å². The molecule has 0 aliphatic heterocycles.